The van der Waals surface area contributed by atoms with Gasteiger partial charge in [-0.25, -0.2) is 0 Å². The minimum Gasteiger partial charge on any atom is -0.487 e. The molecule has 2 aromatic heterocycles. The molecule has 0 saturated carbocycles. The first kappa shape index (κ1) is 22.3. The molecule has 0 fully saturated rings. The van der Waals surface area contributed by atoms with Gasteiger partial charge in [-0.1, -0.05) is 67.6 Å². The topological polar surface area (TPSA) is 57.0 Å². The van der Waals surface area contributed by atoms with Gasteiger partial charge in [0.25, 0.3) is 0 Å². The lowest BCUT2D eigenvalue weighted by Crippen LogP contribution is -2.10. The first-order valence-corrected chi connectivity index (χ1v) is 11.2. The van der Waals surface area contributed by atoms with Crippen molar-refractivity contribution in [1.82, 2.24) is 4.40 Å². The number of ether oxygens (including phenoxy) is 2. The number of hydrogen-bond acceptors (Lipinski definition) is 4. The molecule has 5 nitrogen and oxygen atoms in total. The molecule has 0 spiro atoms. The molecule has 2 aromatic carbocycles. The first-order chi connectivity index (χ1) is 16.1. The van der Waals surface area contributed by atoms with Crippen molar-refractivity contribution in [2.24, 2.45) is 0 Å². The molecule has 0 aliphatic heterocycles. The van der Waals surface area contributed by atoms with E-state index in [0.717, 1.165) is 22.2 Å². The molecule has 0 unspecified atom stereocenters. The maximum atomic E-state index is 13.6. The maximum absolute atomic E-state index is 13.6. The van der Waals surface area contributed by atoms with Crippen LogP contribution in [0.4, 0.5) is 0 Å². The molecular weight excluding hydrogens is 414 g/mol. The van der Waals surface area contributed by atoms with E-state index in [1.165, 1.54) is 0 Å². The second kappa shape index (κ2) is 10.2. The second-order valence-electron chi connectivity index (χ2n) is 7.70. The Morgan fingerprint density at radius 3 is 2.21 bits per heavy atom. The molecule has 0 aliphatic carbocycles. The standard InChI is InChI=1S/C28H27NO4/c1-3-22-23(18-25(30)32-4-2)26-24(33-19-20-12-7-5-8-13-20)16-11-17-29(26)27(22)28(31)21-14-9-6-10-15-21/h5-17H,3-4,18-19H2,1-2H3. The van der Waals surface area contributed by atoms with E-state index in [-0.39, 0.29) is 18.2 Å². The van der Waals surface area contributed by atoms with Gasteiger partial charge >= 0.3 is 5.97 Å². The number of carbonyl (C=O) groups excluding carboxylic acids is 2. The number of carbonyl (C=O) groups is 2. The summed E-state index contributed by atoms with van der Waals surface area (Å²) in [7, 11) is 0. The normalized spacial score (nSPS) is 10.8. The van der Waals surface area contributed by atoms with Crippen molar-refractivity contribution >= 4 is 17.3 Å². The van der Waals surface area contributed by atoms with E-state index >= 15 is 0 Å². The van der Waals surface area contributed by atoms with Crippen molar-refractivity contribution in [3.8, 4) is 5.75 Å². The second-order valence-corrected chi connectivity index (χ2v) is 7.70. The summed E-state index contributed by atoms with van der Waals surface area (Å²) in [5.74, 6) is 0.219. The van der Waals surface area contributed by atoms with Gasteiger partial charge in [-0.2, -0.15) is 0 Å². The zero-order chi connectivity index (χ0) is 23.2. The predicted octanol–water partition coefficient (Wildman–Crippen LogP) is 5.42. The average molecular weight is 442 g/mol. The molecule has 5 heteroatoms. The van der Waals surface area contributed by atoms with Crippen LogP contribution in [0.25, 0.3) is 5.52 Å². The van der Waals surface area contributed by atoms with Gasteiger partial charge < -0.3 is 13.9 Å². The van der Waals surface area contributed by atoms with E-state index in [2.05, 4.69) is 0 Å². The Labute approximate surface area is 193 Å². The van der Waals surface area contributed by atoms with Gasteiger partial charge in [0.1, 0.15) is 12.4 Å². The summed E-state index contributed by atoms with van der Waals surface area (Å²) in [5.41, 5.74) is 4.55. The van der Waals surface area contributed by atoms with Gasteiger partial charge in [-0.15, -0.1) is 0 Å². The highest BCUT2D eigenvalue weighted by Gasteiger charge is 2.26. The van der Waals surface area contributed by atoms with Crippen LogP contribution in [0.15, 0.2) is 79.0 Å². The molecule has 0 radical (unpaired) electrons. The van der Waals surface area contributed by atoms with Crippen LogP contribution in [-0.2, 0) is 29.0 Å². The Bertz CT molecular complexity index is 1260. The predicted molar refractivity (Wildman–Crippen MR) is 128 cm³/mol. The number of rotatable bonds is 9. The third kappa shape index (κ3) is 4.67. The van der Waals surface area contributed by atoms with Crippen LogP contribution in [0, 0.1) is 0 Å². The Morgan fingerprint density at radius 2 is 1.55 bits per heavy atom. The van der Waals surface area contributed by atoms with Crippen molar-refractivity contribution in [3.05, 3.63) is 107 Å². The van der Waals surface area contributed by atoms with Crippen LogP contribution in [-0.4, -0.2) is 22.8 Å². The smallest absolute Gasteiger partial charge is 0.310 e. The molecular formula is C28H27NO4. The maximum Gasteiger partial charge on any atom is 0.310 e. The molecule has 0 aliphatic rings. The van der Waals surface area contributed by atoms with E-state index in [4.69, 9.17) is 9.47 Å². The van der Waals surface area contributed by atoms with Gasteiger partial charge in [-0.3, -0.25) is 9.59 Å². The van der Waals surface area contributed by atoms with Crippen molar-refractivity contribution < 1.29 is 19.1 Å². The fourth-order valence-corrected chi connectivity index (χ4v) is 4.15. The summed E-state index contributed by atoms with van der Waals surface area (Å²) in [6, 6.07) is 22.8. The zero-order valence-corrected chi connectivity index (χ0v) is 18.9. The first-order valence-electron chi connectivity index (χ1n) is 11.2. The lowest BCUT2D eigenvalue weighted by molar-refractivity contribution is -0.142. The van der Waals surface area contributed by atoms with Gasteiger partial charge in [0.2, 0.25) is 5.78 Å². The van der Waals surface area contributed by atoms with Gasteiger partial charge in [0, 0.05) is 11.8 Å². The lowest BCUT2D eigenvalue weighted by Gasteiger charge is -2.11. The highest BCUT2D eigenvalue weighted by Crippen LogP contribution is 2.33. The summed E-state index contributed by atoms with van der Waals surface area (Å²) in [4.78, 5) is 26.1. The van der Waals surface area contributed by atoms with Crippen LogP contribution in [0.2, 0.25) is 0 Å². The number of aromatic nitrogens is 1. The summed E-state index contributed by atoms with van der Waals surface area (Å²) >= 11 is 0. The quantitative estimate of drug-likeness (QED) is 0.257. The monoisotopic (exact) mass is 441 g/mol. The number of pyridine rings is 1. The van der Waals surface area contributed by atoms with E-state index in [0.29, 0.717) is 36.6 Å². The third-order valence-corrected chi connectivity index (χ3v) is 5.60. The lowest BCUT2D eigenvalue weighted by atomic mass is 9.99. The van der Waals surface area contributed by atoms with Crippen LogP contribution in [0.3, 0.4) is 0 Å². The van der Waals surface area contributed by atoms with E-state index in [1.54, 1.807) is 6.92 Å². The largest absolute Gasteiger partial charge is 0.487 e. The molecule has 0 bridgehead atoms. The number of hydrogen-bond donors (Lipinski definition) is 0. The van der Waals surface area contributed by atoms with Gasteiger partial charge in [0.15, 0.2) is 0 Å². The number of benzene rings is 2. The molecule has 33 heavy (non-hydrogen) atoms. The van der Waals surface area contributed by atoms with E-state index in [1.807, 2.05) is 90.3 Å². The highest BCUT2D eigenvalue weighted by atomic mass is 16.5. The van der Waals surface area contributed by atoms with Crippen molar-refractivity contribution in [3.63, 3.8) is 0 Å². The Kier molecular flexibility index (Phi) is 6.89. The fourth-order valence-electron chi connectivity index (χ4n) is 4.15. The molecule has 0 amide bonds. The van der Waals surface area contributed by atoms with Gasteiger partial charge in [0.05, 0.1) is 24.2 Å². The number of nitrogens with zero attached hydrogens (tertiary/aromatic N) is 1. The van der Waals surface area contributed by atoms with E-state index in [9.17, 15) is 9.59 Å². The molecule has 168 valence electrons. The molecule has 4 rings (SSSR count). The fraction of sp³-hybridized carbons (Fsp3) is 0.214. The van der Waals surface area contributed by atoms with Gasteiger partial charge in [-0.05, 0) is 42.2 Å². The molecule has 0 atom stereocenters. The number of esters is 1. The Balaban J connectivity index is 1.86. The minimum absolute atomic E-state index is 0.0777. The van der Waals surface area contributed by atoms with Crippen molar-refractivity contribution in [2.75, 3.05) is 6.61 Å². The van der Waals surface area contributed by atoms with E-state index < -0.39 is 0 Å². The molecule has 4 aromatic rings. The van der Waals surface area contributed by atoms with Crippen LogP contribution in [0.5, 0.6) is 5.75 Å². The van der Waals surface area contributed by atoms with Crippen LogP contribution < -0.4 is 4.74 Å². The number of ketones is 1. The SMILES string of the molecule is CCOC(=O)Cc1c(CC)c(C(=O)c2ccccc2)n2cccc(OCc3ccccc3)c12. The van der Waals surface area contributed by atoms with Crippen molar-refractivity contribution in [2.45, 2.75) is 33.3 Å². The third-order valence-electron chi connectivity index (χ3n) is 5.60. The summed E-state index contributed by atoms with van der Waals surface area (Å²) in [6.45, 7) is 4.47. The Morgan fingerprint density at radius 1 is 0.848 bits per heavy atom. The average Bonchev–Trinajstić information content (AvgIpc) is 3.17. The van der Waals surface area contributed by atoms with Crippen LogP contribution >= 0.6 is 0 Å². The number of fused-ring (bicyclic) bond motifs is 1. The minimum atomic E-state index is -0.323. The summed E-state index contributed by atoms with van der Waals surface area (Å²) < 4.78 is 13.3. The summed E-state index contributed by atoms with van der Waals surface area (Å²) in [6.07, 6.45) is 2.53. The molecule has 0 N–H and O–H groups in total. The summed E-state index contributed by atoms with van der Waals surface area (Å²) in [5, 5.41) is 0. The Hall–Kier alpha value is -3.86. The van der Waals surface area contributed by atoms with Crippen LogP contribution in [0.1, 0.15) is 46.6 Å². The molecule has 0 saturated heterocycles. The van der Waals surface area contributed by atoms with Crippen molar-refractivity contribution in [1.29, 1.82) is 0 Å². The zero-order valence-electron chi connectivity index (χ0n) is 18.9. The highest BCUT2D eigenvalue weighted by molar-refractivity contribution is 6.10. The molecule has 2 heterocycles.